The highest BCUT2D eigenvalue weighted by Crippen LogP contribution is 2.24. The first-order valence-corrected chi connectivity index (χ1v) is 6.63. The molecule has 2 aromatic heterocycles. The van der Waals surface area contributed by atoms with Crippen LogP contribution in [0.3, 0.4) is 0 Å². The number of hydrogen-bond acceptors (Lipinski definition) is 5. The van der Waals surface area contributed by atoms with Gasteiger partial charge in [-0.3, -0.25) is 0 Å². The summed E-state index contributed by atoms with van der Waals surface area (Å²) in [7, 11) is 1.87. The van der Waals surface area contributed by atoms with Crippen molar-refractivity contribution in [3.8, 4) is 11.4 Å². The van der Waals surface area contributed by atoms with E-state index in [-0.39, 0.29) is 0 Å². The van der Waals surface area contributed by atoms with Crippen molar-refractivity contribution >= 4 is 5.82 Å². The van der Waals surface area contributed by atoms with Crippen LogP contribution in [0, 0.1) is 6.92 Å². The summed E-state index contributed by atoms with van der Waals surface area (Å²) < 4.78 is 1.73. The first kappa shape index (κ1) is 13.5. The van der Waals surface area contributed by atoms with Crippen LogP contribution >= 0.6 is 0 Å². The molecule has 0 aliphatic carbocycles. The van der Waals surface area contributed by atoms with Gasteiger partial charge in [0.25, 0.3) is 0 Å². The molecule has 0 saturated carbocycles. The highest BCUT2D eigenvalue weighted by molar-refractivity contribution is 5.64. The smallest absolute Gasteiger partial charge is 0.133 e. The largest absolute Gasteiger partial charge is 0.370 e. The highest BCUT2D eigenvalue weighted by atomic mass is 15.4. The van der Waals surface area contributed by atoms with Crippen LogP contribution < -0.4 is 5.32 Å². The summed E-state index contributed by atoms with van der Waals surface area (Å²) in [6.45, 7) is 7.12. The van der Waals surface area contributed by atoms with Crippen LogP contribution in [-0.4, -0.2) is 31.5 Å². The number of anilines is 1. The molecule has 0 saturated heterocycles. The second-order valence-corrected chi connectivity index (χ2v) is 4.49. The van der Waals surface area contributed by atoms with Gasteiger partial charge in [0, 0.05) is 25.6 Å². The van der Waals surface area contributed by atoms with E-state index in [9.17, 15) is 0 Å². The molecule has 6 nitrogen and oxygen atoms in total. The van der Waals surface area contributed by atoms with Gasteiger partial charge in [-0.25, -0.2) is 14.6 Å². The zero-order chi connectivity index (χ0) is 13.8. The Morgan fingerprint density at radius 3 is 2.63 bits per heavy atom. The van der Waals surface area contributed by atoms with Gasteiger partial charge in [0.15, 0.2) is 0 Å². The summed E-state index contributed by atoms with van der Waals surface area (Å²) >= 11 is 0. The maximum absolute atomic E-state index is 4.61. The molecule has 0 aliphatic heterocycles. The summed E-state index contributed by atoms with van der Waals surface area (Å²) in [5.74, 6) is 1.74. The minimum atomic E-state index is 0.805. The lowest BCUT2D eigenvalue weighted by Gasteiger charge is -2.13. The van der Waals surface area contributed by atoms with Crippen molar-refractivity contribution in [2.45, 2.75) is 33.6 Å². The van der Waals surface area contributed by atoms with Gasteiger partial charge in [0.05, 0.1) is 11.9 Å². The first-order valence-electron chi connectivity index (χ1n) is 6.63. The average molecular weight is 260 g/mol. The summed E-state index contributed by atoms with van der Waals surface area (Å²) in [6, 6.07) is 0. The van der Waals surface area contributed by atoms with Crippen LogP contribution in [0.5, 0.6) is 0 Å². The molecule has 0 bridgehead atoms. The van der Waals surface area contributed by atoms with Crippen molar-refractivity contribution in [1.29, 1.82) is 0 Å². The molecule has 1 N–H and O–H groups in total. The lowest BCUT2D eigenvalue weighted by molar-refractivity contribution is 0.718. The molecule has 0 aliphatic rings. The van der Waals surface area contributed by atoms with Gasteiger partial charge in [-0.15, -0.1) is 5.10 Å². The van der Waals surface area contributed by atoms with E-state index in [1.54, 1.807) is 10.9 Å². The Kier molecular flexibility index (Phi) is 4.09. The molecule has 0 unspecified atom stereocenters. The summed E-state index contributed by atoms with van der Waals surface area (Å²) in [5.41, 5.74) is 2.85. The Bertz CT molecular complexity index is 560. The molecule has 0 atom stereocenters. The average Bonchev–Trinajstić information content (AvgIpc) is 2.84. The summed E-state index contributed by atoms with van der Waals surface area (Å²) in [6.07, 6.45) is 3.60. The van der Waals surface area contributed by atoms with E-state index in [0.717, 1.165) is 48.0 Å². The number of nitrogens with zero attached hydrogens (tertiary/aromatic N) is 5. The van der Waals surface area contributed by atoms with Crippen molar-refractivity contribution in [2.24, 2.45) is 7.05 Å². The Labute approximate surface area is 113 Å². The molecule has 0 amide bonds. The molecule has 19 heavy (non-hydrogen) atoms. The SMILES string of the molecule is CCCNc1nc(CC)nc(-c2cnnn2C)c1C. The van der Waals surface area contributed by atoms with E-state index in [0.29, 0.717) is 0 Å². The highest BCUT2D eigenvalue weighted by Gasteiger charge is 2.14. The van der Waals surface area contributed by atoms with Gasteiger partial charge in [0.1, 0.15) is 17.3 Å². The molecule has 2 heterocycles. The lowest BCUT2D eigenvalue weighted by atomic mass is 10.1. The van der Waals surface area contributed by atoms with Crippen molar-refractivity contribution in [2.75, 3.05) is 11.9 Å². The van der Waals surface area contributed by atoms with E-state index >= 15 is 0 Å². The van der Waals surface area contributed by atoms with E-state index in [1.807, 2.05) is 14.0 Å². The fourth-order valence-electron chi connectivity index (χ4n) is 1.89. The molecule has 0 fully saturated rings. The van der Waals surface area contributed by atoms with Crippen LogP contribution in [0.1, 0.15) is 31.7 Å². The predicted octanol–water partition coefficient (Wildman–Crippen LogP) is 1.96. The Hall–Kier alpha value is -1.98. The number of rotatable bonds is 5. The Balaban J connectivity index is 2.50. The molecular weight excluding hydrogens is 240 g/mol. The number of aryl methyl sites for hydroxylation is 2. The van der Waals surface area contributed by atoms with E-state index < -0.39 is 0 Å². The molecular formula is C13H20N6. The normalized spacial score (nSPS) is 10.7. The number of aromatic nitrogens is 5. The Morgan fingerprint density at radius 1 is 1.26 bits per heavy atom. The standard InChI is InChI=1S/C13H20N6/c1-5-7-14-13-9(3)12(16-11(6-2)17-13)10-8-15-18-19(10)4/h8H,5-7H2,1-4H3,(H,14,16,17). The third-order valence-corrected chi connectivity index (χ3v) is 3.01. The third kappa shape index (κ3) is 2.72. The fourth-order valence-corrected chi connectivity index (χ4v) is 1.89. The third-order valence-electron chi connectivity index (χ3n) is 3.01. The monoisotopic (exact) mass is 260 g/mol. The maximum Gasteiger partial charge on any atom is 0.133 e. The minimum absolute atomic E-state index is 0.805. The van der Waals surface area contributed by atoms with Crippen LogP contribution in [0.25, 0.3) is 11.4 Å². The van der Waals surface area contributed by atoms with E-state index in [1.165, 1.54) is 0 Å². The maximum atomic E-state index is 4.61. The van der Waals surface area contributed by atoms with Crippen molar-refractivity contribution in [3.05, 3.63) is 17.6 Å². The van der Waals surface area contributed by atoms with Crippen LogP contribution in [-0.2, 0) is 13.5 Å². The topological polar surface area (TPSA) is 68.5 Å². The molecule has 2 rings (SSSR count). The zero-order valence-corrected chi connectivity index (χ0v) is 11.9. The van der Waals surface area contributed by atoms with Gasteiger partial charge in [-0.2, -0.15) is 0 Å². The predicted molar refractivity (Wildman–Crippen MR) is 74.9 cm³/mol. The quantitative estimate of drug-likeness (QED) is 0.890. The second-order valence-electron chi connectivity index (χ2n) is 4.49. The minimum Gasteiger partial charge on any atom is -0.370 e. The van der Waals surface area contributed by atoms with E-state index in [4.69, 9.17) is 0 Å². The molecule has 0 spiro atoms. The molecule has 2 aromatic rings. The number of nitrogens with one attached hydrogen (secondary N) is 1. The number of hydrogen-bond donors (Lipinski definition) is 1. The zero-order valence-electron chi connectivity index (χ0n) is 11.9. The van der Waals surface area contributed by atoms with Gasteiger partial charge in [-0.05, 0) is 13.3 Å². The molecule has 6 heteroatoms. The Morgan fingerprint density at radius 2 is 2.05 bits per heavy atom. The molecule has 0 aromatic carbocycles. The molecule has 102 valence electrons. The van der Waals surface area contributed by atoms with Gasteiger partial charge < -0.3 is 5.32 Å². The van der Waals surface area contributed by atoms with Crippen molar-refractivity contribution in [3.63, 3.8) is 0 Å². The van der Waals surface area contributed by atoms with Crippen molar-refractivity contribution < 1.29 is 0 Å². The van der Waals surface area contributed by atoms with Gasteiger partial charge >= 0.3 is 0 Å². The van der Waals surface area contributed by atoms with Gasteiger partial charge in [-0.1, -0.05) is 19.1 Å². The van der Waals surface area contributed by atoms with Crippen LogP contribution in [0.2, 0.25) is 0 Å². The van der Waals surface area contributed by atoms with Crippen molar-refractivity contribution in [1.82, 2.24) is 25.0 Å². The summed E-state index contributed by atoms with van der Waals surface area (Å²) in [4.78, 5) is 9.17. The lowest BCUT2D eigenvalue weighted by Crippen LogP contribution is -2.09. The van der Waals surface area contributed by atoms with E-state index in [2.05, 4.69) is 39.4 Å². The van der Waals surface area contributed by atoms with Crippen LogP contribution in [0.4, 0.5) is 5.82 Å². The summed E-state index contributed by atoms with van der Waals surface area (Å²) in [5, 5.41) is 11.2. The van der Waals surface area contributed by atoms with Gasteiger partial charge in [0.2, 0.25) is 0 Å². The molecule has 0 radical (unpaired) electrons. The fraction of sp³-hybridized carbons (Fsp3) is 0.538. The second kappa shape index (κ2) is 5.77. The first-order chi connectivity index (χ1) is 9.17. The van der Waals surface area contributed by atoms with Crippen LogP contribution in [0.15, 0.2) is 6.20 Å².